The highest BCUT2D eigenvalue weighted by Gasteiger charge is 2.51. The monoisotopic (exact) mass is 413 g/mol. The Morgan fingerprint density at radius 2 is 2.13 bits per heavy atom. The van der Waals surface area contributed by atoms with E-state index < -0.39 is 11.9 Å². The van der Waals surface area contributed by atoms with Gasteiger partial charge in [0.1, 0.15) is 11.8 Å². The first-order valence-corrected chi connectivity index (χ1v) is 11.3. The largest absolute Gasteiger partial charge is 0.497 e. The molecule has 1 aliphatic heterocycles. The number of piperidine rings is 1. The summed E-state index contributed by atoms with van der Waals surface area (Å²) in [5, 5.41) is 2.75. The number of amides is 2. The van der Waals surface area contributed by atoms with Gasteiger partial charge in [-0.15, -0.1) is 0 Å². The molecule has 3 N–H and O–H groups in total. The molecule has 3 aliphatic rings. The van der Waals surface area contributed by atoms with E-state index in [0.717, 1.165) is 37.5 Å². The SMILES string of the molecule is COc1ccc2c(c1)[C@@]1(CCC(=O)N[C@@H](C)C(N)=O)CCN(CC3CC3)C(C2)[C@@H]1C. The van der Waals surface area contributed by atoms with Gasteiger partial charge in [-0.2, -0.15) is 0 Å². The lowest BCUT2D eigenvalue weighted by atomic mass is 9.56. The number of methoxy groups -OCH3 is 1. The Morgan fingerprint density at radius 1 is 1.37 bits per heavy atom. The van der Waals surface area contributed by atoms with Crippen molar-refractivity contribution in [3.05, 3.63) is 29.3 Å². The van der Waals surface area contributed by atoms with Crippen molar-refractivity contribution < 1.29 is 14.3 Å². The van der Waals surface area contributed by atoms with Crippen LogP contribution in [0, 0.1) is 11.8 Å². The van der Waals surface area contributed by atoms with Gasteiger partial charge in [0.05, 0.1) is 7.11 Å². The van der Waals surface area contributed by atoms with Crippen molar-refractivity contribution in [3.63, 3.8) is 0 Å². The van der Waals surface area contributed by atoms with Crippen molar-refractivity contribution in [2.75, 3.05) is 20.2 Å². The van der Waals surface area contributed by atoms with Crippen LogP contribution < -0.4 is 15.8 Å². The summed E-state index contributed by atoms with van der Waals surface area (Å²) < 4.78 is 5.54. The molecule has 4 rings (SSSR count). The van der Waals surface area contributed by atoms with Crippen molar-refractivity contribution in [1.29, 1.82) is 0 Å². The number of benzene rings is 1. The molecule has 0 spiro atoms. The van der Waals surface area contributed by atoms with Crippen LogP contribution in [0.15, 0.2) is 18.2 Å². The van der Waals surface area contributed by atoms with Crippen LogP contribution in [0.3, 0.4) is 0 Å². The van der Waals surface area contributed by atoms with Crippen LogP contribution in [-0.2, 0) is 21.4 Å². The third kappa shape index (κ3) is 3.94. The first-order chi connectivity index (χ1) is 14.3. The van der Waals surface area contributed by atoms with E-state index in [1.165, 1.54) is 30.5 Å². The lowest BCUT2D eigenvalue weighted by Gasteiger charge is -2.56. The zero-order valence-electron chi connectivity index (χ0n) is 18.4. The third-order valence-corrected chi connectivity index (χ3v) is 7.84. The predicted octanol–water partition coefficient (Wildman–Crippen LogP) is 2.38. The van der Waals surface area contributed by atoms with E-state index in [0.29, 0.717) is 18.4 Å². The second-order valence-electron chi connectivity index (χ2n) is 9.62. The number of carbonyl (C=O) groups excluding carboxylic acids is 2. The molecule has 1 saturated carbocycles. The second kappa shape index (κ2) is 8.22. The van der Waals surface area contributed by atoms with Crippen LogP contribution in [0.25, 0.3) is 0 Å². The summed E-state index contributed by atoms with van der Waals surface area (Å²) in [4.78, 5) is 26.6. The number of nitrogens with one attached hydrogen (secondary N) is 1. The van der Waals surface area contributed by atoms with E-state index >= 15 is 0 Å². The molecule has 2 amide bonds. The number of hydrogen-bond donors (Lipinski definition) is 2. The predicted molar refractivity (Wildman–Crippen MR) is 116 cm³/mol. The first-order valence-electron chi connectivity index (χ1n) is 11.3. The van der Waals surface area contributed by atoms with Crippen molar-refractivity contribution in [1.82, 2.24) is 10.2 Å². The number of primary amides is 1. The molecular weight excluding hydrogens is 378 g/mol. The van der Waals surface area contributed by atoms with Crippen molar-refractivity contribution in [3.8, 4) is 5.75 Å². The average Bonchev–Trinajstić information content (AvgIpc) is 3.53. The molecule has 6 heteroatoms. The van der Waals surface area contributed by atoms with E-state index in [2.05, 4.69) is 35.3 Å². The highest BCUT2D eigenvalue weighted by Crippen LogP contribution is 2.52. The lowest BCUT2D eigenvalue weighted by Crippen LogP contribution is -2.59. The van der Waals surface area contributed by atoms with Gasteiger partial charge in [0, 0.05) is 24.4 Å². The summed E-state index contributed by atoms with van der Waals surface area (Å²) in [7, 11) is 1.71. The van der Waals surface area contributed by atoms with Gasteiger partial charge >= 0.3 is 0 Å². The fraction of sp³-hybridized carbons (Fsp3) is 0.667. The van der Waals surface area contributed by atoms with Crippen LogP contribution in [-0.4, -0.2) is 49.0 Å². The smallest absolute Gasteiger partial charge is 0.239 e. The highest BCUT2D eigenvalue weighted by molar-refractivity contribution is 5.86. The Kier molecular flexibility index (Phi) is 5.80. The van der Waals surface area contributed by atoms with Gasteiger partial charge in [-0.05, 0) is 80.7 Å². The standard InChI is InChI=1S/C24H35N3O3/c1-15-21-12-18-6-7-19(30-3)13-20(18)24(15,10-11-27(21)14-17-4-5-17)9-8-22(28)26-16(2)23(25)29/h6-7,13,15-17,21H,4-5,8-12,14H2,1-3H3,(H2,25,29)(H,26,28)/t15-,16-,21?,24-/m0/s1. The van der Waals surface area contributed by atoms with E-state index in [9.17, 15) is 9.59 Å². The number of rotatable bonds is 8. The fourth-order valence-electron chi connectivity index (χ4n) is 5.72. The quantitative estimate of drug-likeness (QED) is 0.685. The minimum absolute atomic E-state index is 0.0415. The molecule has 0 aromatic heterocycles. The van der Waals surface area contributed by atoms with Crippen molar-refractivity contribution in [2.24, 2.45) is 17.6 Å². The van der Waals surface area contributed by atoms with Gasteiger partial charge in [-0.25, -0.2) is 0 Å². The van der Waals surface area contributed by atoms with Crippen LogP contribution in [0.2, 0.25) is 0 Å². The Morgan fingerprint density at radius 3 is 2.80 bits per heavy atom. The fourth-order valence-corrected chi connectivity index (χ4v) is 5.72. The molecule has 4 atom stereocenters. The Labute approximate surface area is 179 Å². The van der Waals surface area contributed by atoms with Gasteiger partial charge in [-0.3, -0.25) is 14.5 Å². The van der Waals surface area contributed by atoms with Gasteiger partial charge in [0.2, 0.25) is 11.8 Å². The molecule has 0 radical (unpaired) electrons. The number of carbonyl (C=O) groups is 2. The maximum Gasteiger partial charge on any atom is 0.239 e. The van der Waals surface area contributed by atoms with Crippen LogP contribution in [0.4, 0.5) is 0 Å². The Bertz CT molecular complexity index is 822. The summed E-state index contributed by atoms with van der Waals surface area (Å²) >= 11 is 0. The van der Waals surface area contributed by atoms with Gasteiger partial charge < -0.3 is 15.8 Å². The number of ether oxygens (including phenoxy) is 1. The Hall–Kier alpha value is -2.08. The zero-order valence-corrected chi connectivity index (χ0v) is 18.4. The molecule has 6 nitrogen and oxygen atoms in total. The molecule has 2 aliphatic carbocycles. The molecule has 1 unspecified atom stereocenters. The maximum atomic E-state index is 12.6. The maximum absolute atomic E-state index is 12.6. The number of nitrogens with two attached hydrogens (primary N) is 1. The molecule has 2 fully saturated rings. The highest BCUT2D eigenvalue weighted by atomic mass is 16.5. The minimum atomic E-state index is -0.640. The molecule has 1 heterocycles. The van der Waals surface area contributed by atoms with Crippen molar-refractivity contribution in [2.45, 2.75) is 69.9 Å². The Balaban J connectivity index is 1.60. The van der Waals surface area contributed by atoms with E-state index in [1.807, 2.05) is 0 Å². The van der Waals surface area contributed by atoms with E-state index in [1.54, 1.807) is 14.0 Å². The number of hydrogen-bond acceptors (Lipinski definition) is 4. The summed E-state index contributed by atoms with van der Waals surface area (Å²) in [6, 6.07) is 6.36. The third-order valence-electron chi connectivity index (χ3n) is 7.84. The molecular formula is C24H35N3O3. The molecule has 2 bridgehead atoms. The van der Waals surface area contributed by atoms with Gasteiger partial charge in [-0.1, -0.05) is 13.0 Å². The van der Waals surface area contributed by atoms with E-state index in [-0.39, 0.29) is 11.3 Å². The number of nitrogens with zero attached hydrogens (tertiary/aromatic N) is 1. The molecule has 164 valence electrons. The molecule has 30 heavy (non-hydrogen) atoms. The second-order valence-corrected chi connectivity index (χ2v) is 9.62. The summed E-state index contributed by atoms with van der Waals surface area (Å²) in [6.07, 6.45) is 6.03. The number of likely N-dealkylation sites (tertiary alicyclic amines) is 1. The average molecular weight is 414 g/mol. The van der Waals surface area contributed by atoms with Crippen molar-refractivity contribution >= 4 is 11.8 Å². The van der Waals surface area contributed by atoms with E-state index in [4.69, 9.17) is 10.5 Å². The molecule has 1 aromatic carbocycles. The van der Waals surface area contributed by atoms with Crippen LogP contribution >= 0.6 is 0 Å². The lowest BCUT2D eigenvalue weighted by molar-refractivity contribution is -0.127. The van der Waals surface area contributed by atoms with Gasteiger partial charge in [0.15, 0.2) is 0 Å². The first kappa shape index (κ1) is 21.2. The molecule has 1 saturated heterocycles. The molecule has 1 aromatic rings. The van der Waals surface area contributed by atoms with Crippen LogP contribution in [0.1, 0.15) is 57.1 Å². The van der Waals surface area contributed by atoms with Gasteiger partial charge in [0.25, 0.3) is 0 Å². The zero-order chi connectivity index (χ0) is 21.5. The normalized spacial score (nSPS) is 29.0. The number of fused-ring (bicyclic) bond motifs is 4. The topological polar surface area (TPSA) is 84.7 Å². The summed E-state index contributed by atoms with van der Waals surface area (Å²) in [6.45, 7) is 6.30. The van der Waals surface area contributed by atoms with Crippen LogP contribution in [0.5, 0.6) is 5.75 Å². The summed E-state index contributed by atoms with van der Waals surface area (Å²) in [5.74, 6) is 1.62. The minimum Gasteiger partial charge on any atom is -0.497 e. The summed E-state index contributed by atoms with van der Waals surface area (Å²) in [5.41, 5.74) is 8.01.